The third-order valence-corrected chi connectivity index (χ3v) is 3.78. The van der Waals surface area contributed by atoms with Crippen molar-refractivity contribution in [1.29, 1.82) is 0 Å². The van der Waals surface area contributed by atoms with E-state index in [-0.39, 0.29) is 6.04 Å². The normalized spacial score (nSPS) is 12.4. The van der Waals surface area contributed by atoms with Crippen LogP contribution in [0.5, 0.6) is 5.75 Å². The smallest absolute Gasteiger partial charge is 0.118 e. The van der Waals surface area contributed by atoms with E-state index in [1.165, 1.54) is 10.4 Å². The minimum Gasteiger partial charge on any atom is -0.497 e. The highest BCUT2D eigenvalue weighted by molar-refractivity contribution is 7.09. The fourth-order valence-corrected chi connectivity index (χ4v) is 2.77. The van der Waals surface area contributed by atoms with Crippen molar-refractivity contribution in [3.05, 3.63) is 45.9 Å². The summed E-state index contributed by atoms with van der Waals surface area (Å²) < 4.78 is 5.17. The second kappa shape index (κ2) is 5.29. The highest BCUT2D eigenvalue weighted by Crippen LogP contribution is 2.28. The summed E-state index contributed by atoms with van der Waals surface area (Å²) in [4.78, 5) is 5.56. The second-order valence-corrected chi connectivity index (χ2v) is 4.68. The molecule has 0 radical (unpaired) electrons. The maximum absolute atomic E-state index is 5.17. The van der Waals surface area contributed by atoms with E-state index in [0.717, 1.165) is 11.4 Å². The molecule has 90 valence electrons. The Morgan fingerprint density at radius 3 is 2.47 bits per heavy atom. The van der Waals surface area contributed by atoms with Crippen LogP contribution in [-0.2, 0) is 0 Å². The molecule has 1 unspecified atom stereocenters. The Morgan fingerprint density at radius 2 is 2.00 bits per heavy atom. The van der Waals surface area contributed by atoms with Gasteiger partial charge in [0.15, 0.2) is 0 Å². The van der Waals surface area contributed by atoms with Gasteiger partial charge >= 0.3 is 0 Å². The number of aromatic nitrogens is 1. The summed E-state index contributed by atoms with van der Waals surface area (Å²) in [7, 11) is 3.64. The molecule has 2 aromatic rings. The van der Waals surface area contributed by atoms with E-state index in [4.69, 9.17) is 4.74 Å². The Balaban J connectivity index is 2.32. The zero-order valence-corrected chi connectivity index (χ0v) is 11.0. The van der Waals surface area contributed by atoms with Crippen LogP contribution in [0, 0.1) is 6.92 Å². The number of benzene rings is 1. The quantitative estimate of drug-likeness (QED) is 0.903. The van der Waals surface area contributed by atoms with E-state index in [0.29, 0.717) is 0 Å². The Kier molecular flexibility index (Phi) is 3.76. The van der Waals surface area contributed by atoms with Crippen molar-refractivity contribution >= 4 is 11.3 Å². The Hall–Kier alpha value is -1.39. The SMILES string of the molecule is CNC(c1ccc(OC)cc1)c1scnc1C. The van der Waals surface area contributed by atoms with Gasteiger partial charge in [-0.2, -0.15) is 0 Å². The molecule has 4 heteroatoms. The number of methoxy groups -OCH3 is 1. The Morgan fingerprint density at radius 1 is 1.29 bits per heavy atom. The molecule has 1 aromatic heterocycles. The first-order chi connectivity index (χ1) is 8.26. The van der Waals surface area contributed by atoms with E-state index < -0.39 is 0 Å². The van der Waals surface area contributed by atoms with Crippen molar-refractivity contribution in [3.8, 4) is 5.75 Å². The van der Waals surface area contributed by atoms with Crippen molar-refractivity contribution in [1.82, 2.24) is 10.3 Å². The molecule has 0 spiro atoms. The highest BCUT2D eigenvalue weighted by atomic mass is 32.1. The van der Waals surface area contributed by atoms with E-state index >= 15 is 0 Å². The minimum absolute atomic E-state index is 0.202. The molecular weight excluding hydrogens is 232 g/mol. The lowest BCUT2D eigenvalue weighted by molar-refractivity contribution is 0.414. The maximum Gasteiger partial charge on any atom is 0.118 e. The number of hydrogen-bond donors (Lipinski definition) is 1. The number of ether oxygens (including phenoxy) is 1. The van der Waals surface area contributed by atoms with Gasteiger partial charge in [-0.1, -0.05) is 12.1 Å². The largest absolute Gasteiger partial charge is 0.497 e. The van der Waals surface area contributed by atoms with Gasteiger partial charge in [0.2, 0.25) is 0 Å². The number of rotatable bonds is 4. The van der Waals surface area contributed by atoms with Crippen LogP contribution in [0.3, 0.4) is 0 Å². The summed E-state index contributed by atoms with van der Waals surface area (Å²) in [6, 6.07) is 8.33. The third-order valence-electron chi connectivity index (χ3n) is 2.78. The lowest BCUT2D eigenvalue weighted by atomic mass is 10.0. The van der Waals surface area contributed by atoms with Crippen LogP contribution in [0.4, 0.5) is 0 Å². The topological polar surface area (TPSA) is 34.1 Å². The van der Waals surface area contributed by atoms with E-state index in [1.807, 2.05) is 31.6 Å². The second-order valence-electron chi connectivity index (χ2n) is 3.80. The average Bonchev–Trinajstić information content (AvgIpc) is 2.78. The molecule has 2 rings (SSSR count). The molecule has 0 saturated heterocycles. The molecule has 0 aliphatic heterocycles. The number of aryl methyl sites for hydroxylation is 1. The lowest BCUT2D eigenvalue weighted by Crippen LogP contribution is -2.17. The summed E-state index contributed by atoms with van der Waals surface area (Å²) in [6.07, 6.45) is 0. The van der Waals surface area contributed by atoms with Crippen LogP contribution in [-0.4, -0.2) is 19.1 Å². The van der Waals surface area contributed by atoms with Crippen molar-refractivity contribution in [3.63, 3.8) is 0 Å². The minimum atomic E-state index is 0.202. The zero-order chi connectivity index (χ0) is 12.3. The molecule has 1 N–H and O–H groups in total. The van der Waals surface area contributed by atoms with Gasteiger partial charge < -0.3 is 10.1 Å². The predicted molar refractivity (Wildman–Crippen MR) is 70.7 cm³/mol. The van der Waals surface area contributed by atoms with Gasteiger partial charge in [0.25, 0.3) is 0 Å². The van der Waals surface area contributed by atoms with Crippen LogP contribution in [0.1, 0.15) is 22.2 Å². The molecular formula is C13H16N2OS. The molecule has 1 aromatic carbocycles. The van der Waals surface area contributed by atoms with Crippen molar-refractivity contribution in [2.45, 2.75) is 13.0 Å². The monoisotopic (exact) mass is 248 g/mol. The average molecular weight is 248 g/mol. The zero-order valence-electron chi connectivity index (χ0n) is 10.2. The van der Waals surface area contributed by atoms with Gasteiger partial charge in [-0.3, -0.25) is 0 Å². The van der Waals surface area contributed by atoms with Gasteiger partial charge in [-0.25, -0.2) is 4.98 Å². The van der Waals surface area contributed by atoms with Crippen LogP contribution in [0.25, 0.3) is 0 Å². The molecule has 0 bridgehead atoms. The standard InChI is InChI=1S/C13H16N2OS/c1-9-13(17-8-15-9)12(14-2)10-4-6-11(16-3)7-5-10/h4-8,12,14H,1-3H3. The van der Waals surface area contributed by atoms with Crippen LogP contribution < -0.4 is 10.1 Å². The maximum atomic E-state index is 5.17. The van der Waals surface area contributed by atoms with Crippen LogP contribution >= 0.6 is 11.3 Å². The number of hydrogen-bond acceptors (Lipinski definition) is 4. The van der Waals surface area contributed by atoms with Gasteiger partial charge in [0.05, 0.1) is 24.4 Å². The number of nitrogens with one attached hydrogen (secondary N) is 1. The van der Waals surface area contributed by atoms with E-state index in [2.05, 4.69) is 22.4 Å². The third kappa shape index (κ3) is 2.48. The molecule has 3 nitrogen and oxygen atoms in total. The van der Waals surface area contributed by atoms with E-state index in [9.17, 15) is 0 Å². The molecule has 0 saturated carbocycles. The summed E-state index contributed by atoms with van der Waals surface area (Å²) in [5, 5.41) is 3.33. The first-order valence-corrected chi connectivity index (χ1v) is 6.35. The number of nitrogens with zero attached hydrogens (tertiary/aromatic N) is 1. The van der Waals surface area contributed by atoms with E-state index in [1.54, 1.807) is 18.4 Å². The van der Waals surface area contributed by atoms with Crippen LogP contribution in [0.15, 0.2) is 29.8 Å². The molecule has 0 aliphatic rings. The summed E-state index contributed by atoms with van der Waals surface area (Å²) in [6.45, 7) is 2.04. The summed E-state index contributed by atoms with van der Waals surface area (Å²) in [5.74, 6) is 0.879. The molecule has 1 heterocycles. The van der Waals surface area contributed by atoms with Gasteiger partial charge in [-0.15, -0.1) is 11.3 Å². The van der Waals surface area contributed by atoms with Gasteiger partial charge in [0, 0.05) is 4.88 Å². The van der Waals surface area contributed by atoms with Gasteiger partial charge in [-0.05, 0) is 31.7 Å². The van der Waals surface area contributed by atoms with Crippen molar-refractivity contribution in [2.24, 2.45) is 0 Å². The first-order valence-electron chi connectivity index (χ1n) is 5.47. The summed E-state index contributed by atoms with van der Waals surface area (Å²) >= 11 is 1.68. The molecule has 0 aliphatic carbocycles. The predicted octanol–water partition coefficient (Wildman–Crippen LogP) is 2.77. The Labute approximate surface area is 105 Å². The summed E-state index contributed by atoms with van der Waals surface area (Å²) in [5.41, 5.74) is 4.20. The van der Waals surface area contributed by atoms with Crippen molar-refractivity contribution < 1.29 is 4.74 Å². The first kappa shape index (κ1) is 12.1. The molecule has 17 heavy (non-hydrogen) atoms. The lowest BCUT2D eigenvalue weighted by Gasteiger charge is -2.16. The van der Waals surface area contributed by atoms with Gasteiger partial charge in [0.1, 0.15) is 5.75 Å². The van der Waals surface area contributed by atoms with Crippen LogP contribution in [0.2, 0.25) is 0 Å². The Bertz CT molecular complexity index is 478. The highest BCUT2D eigenvalue weighted by Gasteiger charge is 2.16. The fourth-order valence-electron chi connectivity index (χ4n) is 1.83. The number of thiazole rings is 1. The molecule has 1 atom stereocenters. The molecule has 0 amide bonds. The molecule has 0 fully saturated rings. The fraction of sp³-hybridized carbons (Fsp3) is 0.308. The van der Waals surface area contributed by atoms with Crippen molar-refractivity contribution in [2.75, 3.05) is 14.2 Å².